The molecule has 36 heavy (non-hydrogen) atoms. The van der Waals surface area contributed by atoms with Gasteiger partial charge in [0.15, 0.2) is 5.65 Å². The highest BCUT2D eigenvalue weighted by molar-refractivity contribution is 6.30. The van der Waals surface area contributed by atoms with Crippen molar-refractivity contribution in [2.75, 3.05) is 36.0 Å². The van der Waals surface area contributed by atoms with Gasteiger partial charge in [-0.2, -0.15) is 5.10 Å². The molecule has 0 spiro atoms. The molecule has 5 aromatic rings. The van der Waals surface area contributed by atoms with Crippen molar-refractivity contribution in [3.05, 3.63) is 83.5 Å². The predicted octanol–water partition coefficient (Wildman–Crippen LogP) is 4.87. The number of benzene rings is 2. The molecule has 1 fully saturated rings. The number of piperazine rings is 1. The lowest BCUT2D eigenvalue weighted by atomic mass is 10.1. The lowest BCUT2D eigenvalue weighted by Gasteiger charge is -2.36. The molecular weight excluding hydrogens is 472 g/mol. The fourth-order valence-electron chi connectivity index (χ4n) is 4.61. The zero-order chi connectivity index (χ0) is 24.6. The van der Waals surface area contributed by atoms with Gasteiger partial charge in [0, 0.05) is 42.8 Å². The normalized spacial score (nSPS) is 14.0. The number of anilines is 2. The van der Waals surface area contributed by atoms with E-state index in [0.717, 1.165) is 71.6 Å². The number of nitrogens with zero attached hydrogens (tertiary/aromatic N) is 8. The minimum Gasteiger partial charge on any atom is -0.353 e. The summed E-state index contributed by atoms with van der Waals surface area (Å²) in [4.78, 5) is 23.2. The summed E-state index contributed by atoms with van der Waals surface area (Å²) < 4.78 is 1.80. The summed E-state index contributed by atoms with van der Waals surface area (Å²) in [7, 11) is 0. The maximum atomic E-state index is 6.19. The third-order valence-electron chi connectivity index (χ3n) is 6.47. The molecule has 0 radical (unpaired) electrons. The molecule has 0 saturated carbocycles. The van der Waals surface area contributed by atoms with Crippen LogP contribution < -0.4 is 9.80 Å². The second kappa shape index (κ2) is 9.20. The molecule has 0 N–H and O–H groups in total. The Kier molecular flexibility index (Phi) is 5.73. The summed E-state index contributed by atoms with van der Waals surface area (Å²) in [6.07, 6.45) is 3.44. The molecule has 0 bridgehead atoms. The Bertz CT molecular complexity index is 1540. The van der Waals surface area contributed by atoms with Crippen LogP contribution >= 0.6 is 11.6 Å². The van der Waals surface area contributed by atoms with Crippen molar-refractivity contribution in [2.45, 2.75) is 13.8 Å². The largest absolute Gasteiger partial charge is 0.353 e. The van der Waals surface area contributed by atoms with Crippen molar-refractivity contribution in [1.82, 2.24) is 29.7 Å². The van der Waals surface area contributed by atoms with E-state index in [1.54, 1.807) is 11.0 Å². The van der Waals surface area contributed by atoms with E-state index in [0.29, 0.717) is 5.02 Å². The molecule has 3 aromatic heterocycles. The van der Waals surface area contributed by atoms with Crippen LogP contribution in [-0.2, 0) is 0 Å². The van der Waals surface area contributed by atoms with Crippen LogP contribution in [0.5, 0.6) is 0 Å². The van der Waals surface area contributed by atoms with Crippen LogP contribution in [0.25, 0.3) is 28.0 Å². The summed E-state index contributed by atoms with van der Waals surface area (Å²) in [5.41, 5.74) is 4.92. The molecule has 9 heteroatoms. The van der Waals surface area contributed by atoms with Crippen molar-refractivity contribution >= 4 is 34.3 Å². The molecule has 0 aliphatic carbocycles. The standard InChI is InChI=1S/C27H25ClN8/c1-18-6-8-20(9-7-18)24-15-25(33-19(2)32-24)34-10-12-35(13-11-34)26-23-16-31-36(27(23)30-17-29-26)22-5-3-4-21(28)14-22/h3-9,14-17H,10-13H2,1-2H3. The van der Waals surface area contributed by atoms with Crippen molar-refractivity contribution in [2.24, 2.45) is 0 Å². The fourth-order valence-corrected chi connectivity index (χ4v) is 4.80. The second-order valence-electron chi connectivity index (χ2n) is 8.97. The lowest BCUT2D eigenvalue weighted by Crippen LogP contribution is -2.47. The van der Waals surface area contributed by atoms with Crippen molar-refractivity contribution in [1.29, 1.82) is 0 Å². The topological polar surface area (TPSA) is 75.9 Å². The highest BCUT2D eigenvalue weighted by Gasteiger charge is 2.23. The summed E-state index contributed by atoms with van der Waals surface area (Å²) in [5, 5.41) is 6.16. The minimum absolute atomic E-state index is 0.659. The molecule has 0 atom stereocenters. The van der Waals surface area contributed by atoms with Gasteiger partial charge >= 0.3 is 0 Å². The zero-order valence-electron chi connectivity index (χ0n) is 20.1. The van der Waals surface area contributed by atoms with E-state index in [1.807, 2.05) is 37.4 Å². The van der Waals surface area contributed by atoms with Crippen LogP contribution in [0.1, 0.15) is 11.4 Å². The lowest BCUT2D eigenvalue weighted by molar-refractivity contribution is 0.641. The SMILES string of the molecule is Cc1ccc(-c2cc(N3CCN(c4ncnc5c4cnn5-c4cccc(Cl)c4)CC3)nc(C)n2)cc1. The molecule has 8 nitrogen and oxygen atoms in total. The van der Waals surface area contributed by atoms with Gasteiger partial charge in [0.2, 0.25) is 0 Å². The first-order valence-electron chi connectivity index (χ1n) is 11.9. The van der Waals surface area contributed by atoms with Gasteiger partial charge in [0.25, 0.3) is 0 Å². The monoisotopic (exact) mass is 496 g/mol. The van der Waals surface area contributed by atoms with Gasteiger partial charge in [-0.05, 0) is 32.0 Å². The van der Waals surface area contributed by atoms with E-state index < -0.39 is 0 Å². The molecule has 6 rings (SSSR count). The van der Waals surface area contributed by atoms with E-state index in [4.69, 9.17) is 16.6 Å². The van der Waals surface area contributed by atoms with E-state index in [2.05, 4.69) is 67.1 Å². The summed E-state index contributed by atoms with van der Waals surface area (Å²) in [6.45, 7) is 7.34. The van der Waals surface area contributed by atoms with Crippen LogP contribution in [-0.4, -0.2) is 55.9 Å². The Morgan fingerprint density at radius 3 is 2.39 bits per heavy atom. The fraction of sp³-hybridized carbons (Fsp3) is 0.222. The van der Waals surface area contributed by atoms with Crippen molar-refractivity contribution < 1.29 is 0 Å². The highest BCUT2D eigenvalue weighted by Crippen LogP contribution is 2.28. The zero-order valence-corrected chi connectivity index (χ0v) is 20.9. The Morgan fingerprint density at radius 1 is 0.833 bits per heavy atom. The maximum Gasteiger partial charge on any atom is 0.168 e. The van der Waals surface area contributed by atoms with Crippen LogP contribution in [0.15, 0.2) is 67.1 Å². The van der Waals surface area contributed by atoms with Crippen LogP contribution in [0.2, 0.25) is 5.02 Å². The van der Waals surface area contributed by atoms with Crippen molar-refractivity contribution in [3.8, 4) is 16.9 Å². The number of hydrogen-bond donors (Lipinski definition) is 0. The first-order chi connectivity index (χ1) is 17.5. The maximum absolute atomic E-state index is 6.19. The van der Waals surface area contributed by atoms with Crippen LogP contribution in [0.4, 0.5) is 11.6 Å². The van der Waals surface area contributed by atoms with E-state index in [-0.39, 0.29) is 0 Å². The van der Waals surface area contributed by atoms with Gasteiger partial charge in [-0.3, -0.25) is 0 Å². The highest BCUT2D eigenvalue weighted by atomic mass is 35.5. The van der Waals surface area contributed by atoms with E-state index in [9.17, 15) is 0 Å². The summed E-state index contributed by atoms with van der Waals surface area (Å²) in [6, 6.07) is 18.1. The number of rotatable bonds is 4. The predicted molar refractivity (Wildman–Crippen MR) is 143 cm³/mol. The number of halogens is 1. The Hall–Kier alpha value is -4.04. The molecule has 4 heterocycles. The van der Waals surface area contributed by atoms with Crippen LogP contribution in [0.3, 0.4) is 0 Å². The van der Waals surface area contributed by atoms with Crippen LogP contribution in [0, 0.1) is 13.8 Å². The average molecular weight is 497 g/mol. The number of fused-ring (bicyclic) bond motifs is 1. The first kappa shape index (κ1) is 22.4. The summed E-state index contributed by atoms with van der Waals surface area (Å²) >= 11 is 6.19. The Labute approximate surface area is 214 Å². The smallest absolute Gasteiger partial charge is 0.168 e. The third-order valence-corrected chi connectivity index (χ3v) is 6.71. The van der Waals surface area contributed by atoms with Gasteiger partial charge in [0.05, 0.1) is 23.0 Å². The van der Waals surface area contributed by atoms with Gasteiger partial charge < -0.3 is 9.80 Å². The second-order valence-corrected chi connectivity index (χ2v) is 9.41. The van der Waals surface area contributed by atoms with Gasteiger partial charge in [0.1, 0.15) is 23.8 Å². The van der Waals surface area contributed by atoms with Crippen molar-refractivity contribution in [3.63, 3.8) is 0 Å². The van der Waals surface area contributed by atoms with E-state index in [1.165, 1.54) is 5.56 Å². The minimum atomic E-state index is 0.659. The molecule has 1 aliphatic heterocycles. The summed E-state index contributed by atoms with van der Waals surface area (Å²) in [5.74, 6) is 2.63. The number of aromatic nitrogens is 6. The number of aryl methyl sites for hydroxylation is 2. The first-order valence-corrected chi connectivity index (χ1v) is 12.3. The number of hydrogen-bond acceptors (Lipinski definition) is 7. The quantitative estimate of drug-likeness (QED) is 0.351. The van der Waals surface area contributed by atoms with Gasteiger partial charge in [-0.15, -0.1) is 0 Å². The molecular formula is C27H25ClN8. The Morgan fingerprint density at radius 2 is 1.61 bits per heavy atom. The average Bonchev–Trinajstić information content (AvgIpc) is 3.33. The van der Waals surface area contributed by atoms with Gasteiger partial charge in [-0.1, -0.05) is 47.5 Å². The molecule has 0 unspecified atom stereocenters. The molecule has 2 aromatic carbocycles. The molecule has 1 saturated heterocycles. The third kappa shape index (κ3) is 4.24. The molecule has 1 aliphatic rings. The molecule has 180 valence electrons. The Balaban J connectivity index is 1.24. The van der Waals surface area contributed by atoms with Gasteiger partial charge in [-0.25, -0.2) is 24.6 Å². The van der Waals surface area contributed by atoms with E-state index >= 15 is 0 Å². The molecule has 0 amide bonds.